The van der Waals surface area contributed by atoms with Gasteiger partial charge in [-0.1, -0.05) is 39.2 Å². The van der Waals surface area contributed by atoms with Crippen LogP contribution < -0.4 is 0 Å². The number of aliphatic hydroxyl groups excluding tert-OH is 2. The van der Waals surface area contributed by atoms with E-state index in [0.29, 0.717) is 37.0 Å². The Hall–Kier alpha value is -0.710. The quantitative estimate of drug-likeness (QED) is 0.571. The number of rotatable bonds is 6. The van der Waals surface area contributed by atoms with Gasteiger partial charge < -0.3 is 15.3 Å². The second-order valence-corrected chi connectivity index (χ2v) is 12.3. The number of carbonyl (C=O) groups excluding carboxylic acids is 1. The van der Waals surface area contributed by atoms with Gasteiger partial charge >= 0.3 is 0 Å². The molecule has 8 unspecified atom stereocenters. The molecule has 176 valence electrons. The van der Waals surface area contributed by atoms with Crippen molar-refractivity contribution in [2.45, 2.75) is 104 Å². The molecule has 4 rings (SSSR count). The summed E-state index contributed by atoms with van der Waals surface area (Å²) in [5, 5.41) is 33.6. The van der Waals surface area contributed by atoms with Gasteiger partial charge in [0.05, 0.1) is 11.7 Å². The van der Waals surface area contributed by atoms with Crippen molar-refractivity contribution in [1.82, 2.24) is 0 Å². The summed E-state index contributed by atoms with van der Waals surface area (Å²) in [6.45, 7) is 8.73. The molecule has 0 aromatic carbocycles. The van der Waals surface area contributed by atoms with Gasteiger partial charge in [0.2, 0.25) is 0 Å². The molecule has 0 radical (unpaired) electrons. The lowest BCUT2D eigenvalue weighted by molar-refractivity contribution is -0.149. The predicted octanol–water partition coefficient (Wildman–Crippen LogP) is 4.66. The summed E-state index contributed by atoms with van der Waals surface area (Å²) in [6, 6.07) is 0. The molecule has 4 aliphatic rings. The fraction of sp³-hybridized carbons (Fsp3) is 0.889. The van der Waals surface area contributed by atoms with Crippen LogP contribution in [-0.2, 0) is 4.79 Å². The first-order valence-electron chi connectivity index (χ1n) is 12.8. The summed E-state index contributed by atoms with van der Waals surface area (Å²) >= 11 is 0. The van der Waals surface area contributed by atoms with Crippen molar-refractivity contribution in [1.29, 1.82) is 0 Å². The molecular weight excluding hydrogens is 388 g/mol. The third-order valence-electron chi connectivity index (χ3n) is 10.1. The Morgan fingerprint density at radius 2 is 1.94 bits per heavy atom. The first-order valence-corrected chi connectivity index (χ1v) is 12.8. The highest BCUT2D eigenvalue weighted by Gasteiger charge is 2.65. The molecule has 0 aromatic heterocycles. The molecule has 0 aromatic rings. The van der Waals surface area contributed by atoms with Crippen molar-refractivity contribution in [2.75, 3.05) is 6.61 Å². The van der Waals surface area contributed by atoms with Crippen molar-refractivity contribution in [3.05, 3.63) is 11.6 Å². The highest BCUT2D eigenvalue weighted by atomic mass is 16.3. The predicted molar refractivity (Wildman–Crippen MR) is 122 cm³/mol. The van der Waals surface area contributed by atoms with Gasteiger partial charge in [-0.15, -0.1) is 0 Å². The molecular formula is C27H44O4. The van der Waals surface area contributed by atoms with E-state index in [1.165, 1.54) is 5.57 Å². The molecule has 0 saturated heterocycles. The molecule has 0 bridgehead atoms. The van der Waals surface area contributed by atoms with Crippen LogP contribution in [0.1, 0.15) is 91.9 Å². The minimum Gasteiger partial charge on any atom is -0.396 e. The van der Waals surface area contributed by atoms with Crippen LogP contribution in [0.25, 0.3) is 0 Å². The van der Waals surface area contributed by atoms with Crippen molar-refractivity contribution >= 4 is 5.78 Å². The minimum atomic E-state index is -0.959. The van der Waals surface area contributed by atoms with Crippen LogP contribution in [0, 0.1) is 40.4 Å². The first-order chi connectivity index (χ1) is 14.5. The molecule has 0 heterocycles. The number of fused-ring (bicyclic) bond motifs is 5. The lowest BCUT2D eigenvalue weighted by atomic mass is 9.46. The fourth-order valence-corrected chi connectivity index (χ4v) is 8.73. The minimum absolute atomic E-state index is 0.0564. The lowest BCUT2D eigenvalue weighted by Crippen LogP contribution is -2.56. The summed E-state index contributed by atoms with van der Waals surface area (Å²) in [5.41, 5.74) is 0.0855. The summed E-state index contributed by atoms with van der Waals surface area (Å²) in [4.78, 5) is 12.1. The zero-order chi connectivity index (χ0) is 22.6. The Morgan fingerprint density at radius 3 is 2.61 bits per heavy atom. The van der Waals surface area contributed by atoms with E-state index in [9.17, 15) is 20.1 Å². The molecule has 4 aliphatic carbocycles. The molecule has 0 amide bonds. The number of ketones is 1. The standard InChI is InChI=1S/C27H44O4/c1-17(2)6-5-11-26(4,31)24-23(30)15-22-20-8-7-18-14-19(29)9-12-25(18,3)21(20)10-13-27(22,24)16-28/h14,17,20-24,28,30-31H,5-13,15-16H2,1-4H3. The van der Waals surface area contributed by atoms with Crippen molar-refractivity contribution in [3.8, 4) is 0 Å². The zero-order valence-corrected chi connectivity index (χ0v) is 20.1. The van der Waals surface area contributed by atoms with Crippen LogP contribution in [0.3, 0.4) is 0 Å². The van der Waals surface area contributed by atoms with Crippen molar-refractivity contribution in [3.63, 3.8) is 0 Å². The van der Waals surface area contributed by atoms with Crippen LogP contribution in [0.5, 0.6) is 0 Å². The largest absolute Gasteiger partial charge is 0.396 e. The first kappa shape index (κ1) is 23.4. The Labute approximate surface area is 188 Å². The topological polar surface area (TPSA) is 77.8 Å². The molecule has 3 fully saturated rings. The number of carbonyl (C=O) groups is 1. The van der Waals surface area contributed by atoms with Crippen molar-refractivity contribution < 1.29 is 20.1 Å². The lowest BCUT2D eigenvalue weighted by Gasteiger charge is -2.59. The second-order valence-electron chi connectivity index (χ2n) is 12.3. The number of hydrogen-bond acceptors (Lipinski definition) is 4. The maximum Gasteiger partial charge on any atom is 0.155 e. The van der Waals surface area contributed by atoms with Crippen LogP contribution in [0.2, 0.25) is 0 Å². The van der Waals surface area contributed by atoms with E-state index in [-0.39, 0.29) is 35.1 Å². The van der Waals surface area contributed by atoms with E-state index in [0.717, 1.165) is 44.9 Å². The number of allylic oxidation sites excluding steroid dienone is 1. The highest BCUT2D eigenvalue weighted by molar-refractivity contribution is 5.91. The molecule has 0 aliphatic heterocycles. The molecule has 4 nitrogen and oxygen atoms in total. The van der Waals surface area contributed by atoms with E-state index in [2.05, 4.69) is 20.8 Å². The van der Waals surface area contributed by atoms with Gasteiger partial charge in [-0.3, -0.25) is 4.79 Å². The zero-order valence-electron chi connectivity index (χ0n) is 20.1. The number of aliphatic hydroxyl groups is 3. The Balaban J connectivity index is 1.61. The van der Waals surface area contributed by atoms with Gasteiger partial charge in [-0.2, -0.15) is 0 Å². The molecule has 31 heavy (non-hydrogen) atoms. The van der Waals surface area contributed by atoms with Crippen molar-refractivity contribution in [2.24, 2.45) is 40.4 Å². The monoisotopic (exact) mass is 432 g/mol. The summed E-state index contributed by atoms with van der Waals surface area (Å²) < 4.78 is 0. The van der Waals surface area contributed by atoms with Gasteiger partial charge in [0.15, 0.2) is 5.78 Å². The van der Waals surface area contributed by atoms with Gasteiger partial charge in [0.1, 0.15) is 0 Å². The highest BCUT2D eigenvalue weighted by Crippen LogP contribution is 2.68. The molecule has 3 saturated carbocycles. The van der Waals surface area contributed by atoms with E-state index in [1.54, 1.807) is 0 Å². The second kappa shape index (κ2) is 8.25. The van der Waals surface area contributed by atoms with Crippen LogP contribution in [0.4, 0.5) is 0 Å². The SMILES string of the molecule is CC(C)CCCC(C)(O)C1C(O)CC2C3CCC4=CC(=O)CCC4(C)C3CCC21CO. The summed E-state index contributed by atoms with van der Waals surface area (Å²) in [5.74, 6) is 1.85. The van der Waals surface area contributed by atoms with E-state index >= 15 is 0 Å². The van der Waals surface area contributed by atoms with Gasteiger partial charge in [0.25, 0.3) is 0 Å². The summed E-state index contributed by atoms with van der Waals surface area (Å²) in [6.07, 6.45) is 10.3. The molecule has 4 heteroatoms. The molecule has 0 spiro atoms. The average molecular weight is 433 g/mol. The Morgan fingerprint density at radius 1 is 1.19 bits per heavy atom. The normalized spacial score (nSPS) is 44.3. The summed E-state index contributed by atoms with van der Waals surface area (Å²) in [7, 11) is 0. The maximum atomic E-state index is 12.1. The van der Waals surface area contributed by atoms with Gasteiger partial charge in [-0.25, -0.2) is 0 Å². The van der Waals surface area contributed by atoms with E-state index in [4.69, 9.17) is 0 Å². The van der Waals surface area contributed by atoms with Crippen LogP contribution in [-0.4, -0.2) is 39.4 Å². The Bertz CT molecular complexity index is 725. The fourth-order valence-electron chi connectivity index (χ4n) is 8.73. The van der Waals surface area contributed by atoms with Crippen LogP contribution in [0.15, 0.2) is 11.6 Å². The molecule has 3 N–H and O–H groups in total. The van der Waals surface area contributed by atoms with E-state index < -0.39 is 11.7 Å². The van der Waals surface area contributed by atoms with Gasteiger partial charge in [-0.05, 0) is 87.0 Å². The van der Waals surface area contributed by atoms with Crippen LogP contribution >= 0.6 is 0 Å². The maximum absolute atomic E-state index is 12.1. The molecule has 8 atom stereocenters. The average Bonchev–Trinajstić information content (AvgIpc) is 3.01. The Kier molecular flexibility index (Phi) is 6.24. The number of hydrogen-bond donors (Lipinski definition) is 3. The smallest absolute Gasteiger partial charge is 0.155 e. The van der Waals surface area contributed by atoms with Gasteiger partial charge in [0, 0.05) is 24.4 Å². The third kappa shape index (κ3) is 3.75. The van der Waals surface area contributed by atoms with E-state index in [1.807, 2.05) is 13.0 Å². The third-order valence-corrected chi connectivity index (χ3v) is 10.1.